The molecule has 2 aromatic rings. The Morgan fingerprint density at radius 1 is 1.20 bits per heavy atom. The fourth-order valence-corrected chi connectivity index (χ4v) is 3.77. The molecule has 4 rings (SSSR count). The smallest absolute Gasteiger partial charge is 0.0487 e. The molecule has 2 heteroatoms. The molecule has 0 unspecified atom stereocenters. The monoisotopic (exact) mass is 268 g/mol. The van der Waals surface area contributed by atoms with Gasteiger partial charge in [0.15, 0.2) is 0 Å². The number of H-pyrrole nitrogens is 1. The second-order valence-electron chi connectivity index (χ2n) is 6.64. The Hall–Kier alpha value is -1.28. The van der Waals surface area contributed by atoms with E-state index in [1.54, 1.807) is 11.1 Å². The molecule has 2 nitrogen and oxygen atoms in total. The van der Waals surface area contributed by atoms with Crippen LogP contribution in [0.3, 0.4) is 0 Å². The summed E-state index contributed by atoms with van der Waals surface area (Å²) in [6.45, 7) is 5.96. The van der Waals surface area contributed by atoms with E-state index in [2.05, 4.69) is 35.1 Å². The Labute approximate surface area is 121 Å². The van der Waals surface area contributed by atoms with Crippen LogP contribution in [-0.2, 0) is 6.54 Å². The summed E-state index contributed by atoms with van der Waals surface area (Å²) in [5, 5.41) is 1.47. The van der Waals surface area contributed by atoms with Crippen molar-refractivity contribution >= 4 is 10.9 Å². The Bertz CT molecular complexity index is 616. The predicted octanol–water partition coefficient (Wildman–Crippen LogP) is 4.34. The Morgan fingerprint density at radius 3 is 2.75 bits per heavy atom. The van der Waals surface area contributed by atoms with E-state index in [9.17, 15) is 0 Å². The summed E-state index contributed by atoms with van der Waals surface area (Å²) in [5.41, 5.74) is 6.01. The summed E-state index contributed by atoms with van der Waals surface area (Å²) < 4.78 is 0. The first-order valence-electron chi connectivity index (χ1n) is 8.15. The van der Waals surface area contributed by atoms with Crippen LogP contribution < -0.4 is 0 Å². The summed E-state index contributed by atoms with van der Waals surface area (Å²) >= 11 is 0. The number of likely N-dealkylation sites (tertiary alicyclic amines) is 1. The van der Waals surface area contributed by atoms with Crippen molar-refractivity contribution in [1.29, 1.82) is 0 Å². The van der Waals surface area contributed by atoms with Crippen LogP contribution in [0.4, 0.5) is 0 Å². The van der Waals surface area contributed by atoms with Crippen LogP contribution in [0.2, 0.25) is 0 Å². The van der Waals surface area contributed by atoms with Gasteiger partial charge in [-0.3, -0.25) is 4.90 Å². The first kappa shape index (κ1) is 12.5. The lowest BCUT2D eigenvalue weighted by Gasteiger charge is -2.28. The third-order valence-corrected chi connectivity index (χ3v) is 5.03. The average Bonchev–Trinajstić information content (AvgIpc) is 3.19. The molecule has 0 bridgehead atoms. The molecule has 1 N–H and O–H groups in total. The number of nitrogens with zero attached hydrogens (tertiary/aromatic N) is 1. The zero-order valence-electron chi connectivity index (χ0n) is 12.4. The predicted molar refractivity (Wildman–Crippen MR) is 84.1 cm³/mol. The van der Waals surface area contributed by atoms with Crippen LogP contribution in [0.25, 0.3) is 10.9 Å². The zero-order valence-corrected chi connectivity index (χ0v) is 12.4. The molecule has 0 amide bonds. The highest BCUT2D eigenvalue weighted by molar-refractivity contribution is 5.87. The van der Waals surface area contributed by atoms with E-state index >= 15 is 0 Å². The third kappa shape index (κ3) is 2.16. The van der Waals surface area contributed by atoms with Gasteiger partial charge in [0.05, 0.1) is 0 Å². The second kappa shape index (κ2) is 4.92. The van der Waals surface area contributed by atoms with Crippen molar-refractivity contribution in [1.82, 2.24) is 9.88 Å². The second-order valence-corrected chi connectivity index (χ2v) is 6.64. The van der Waals surface area contributed by atoms with Crippen LogP contribution in [0.1, 0.15) is 54.7 Å². The number of nitrogens with one attached hydrogen (secondary N) is 1. The fourth-order valence-electron chi connectivity index (χ4n) is 3.77. The number of aromatic amines is 1. The van der Waals surface area contributed by atoms with Gasteiger partial charge in [0.25, 0.3) is 0 Å². The van der Waals surface area contributed by atoms with E-state index in [0.29, 0.717) is 0 Å². The molecule has 1 aliphatic carbocycles. The minimum Gasteiger partial charge on any atom is -0.361 e. The summed E-state index contributed by atoms with van der Waals surface area (Å²) in [6, 6.07) is 4.74. The Morgan fingerprint density at radius 2 is 2.00 bits per heavy atom. The molecule has 0 spiro atoms. The minimum atomic E-state index is 0.841. The molecule has 1 aromatic carbocycles. The van der Waals surface area contributed by atoms with Gasteiger partial charge in [0.1, 0.15) is 0 Å². The molecule has 0 atom stereocenters. The number of hydrogen-bond donors (Lipinski definition) is 1. The molecule has 1 aliphatic heterocycles. The Balaban J connectivity index is 1.76. The minimum absolute atomic E-state index is 0.841. The fraction of sp³-hybridized carbons (Fsp3) is 0.556. The van der Waals surface area contributed by atoms with Crippen molar-refractivity contribution < 1.29 is 0 Å². The zero-order chi connectivity index (χ0) is 13.5. The number of piperidine rings is 1. The van der Waals surface area contributed by atoms with Gasteiger partial charge in [-0.25, -0.2) is 0 Å². The van der Waals surface area contributed by atoms with Gasteiger partial charge in [-0.15, -0.1) is 0 Å². The lowest BCUT2D eigenvalue weighted by atomic mass is 9.95. The van der Waals surface area contributed by atoms with Crippen molar-refractivity contribution in [2.45, 2.75) is 51.5 Å². The van der Waals surface area contributed by atoms with Crippen molar-refractivity contribution in [3.05, 3.63) is 35.0 Å². The van der Waals surface area contributed by atoms with Crippen LogP contribution in [0.5, 0.6) is 0 Å². The normalized spacial score (nSPS) is 20.6. The van der Waals surface area contributed by atoms with Crippen LogP contribution in [0, 0.1) is 6.92 Å². The highest BCUT2D eigenvalue weighted by Crippen LogP contribution is 2.44. The molecule has 106 valence electrons. The van der Waals surface area contributed by atoms with E-state index in [0.717, 1.165) is 12.5 Å². The largest absolute Gasteiger partial charge is 0.361 e. The molecule has 0 radical (unpaired) electrons. The Kier molecular flexibility index (Phi) is 3.07. The molecule has 1 aromatic heterocycles. The van der Waals surface area contributed by atoms with Gasteiger partial charge in [-0.1, -0.05) is 12.5 Å². The first-order chi connectivity index (χ1) is 9.83. The lowest BCUT2D eigenvalue weighted by molar-refractivity contribution is 0.221. The number of rotatable bonds is 3. The molecule has 2 fully saturated rings. The molecular weight excluding hydrogens is 244 g/mol. The quantitative estimate of drug-likeness (QED) is 0.877. The highest BCUT2D eigenvalue weighted by atomic mass is 15.1. The van der Waals surface area contributed by atoms with Crippen molar-refractivity contribution in [3.8, 4) is 0 Å². The van der Waals surface area contributed by atoms with Crippen molar-refractivity contribution in [2.75, 3.05) is 13.1 Å². The molecule has 1 saturated carbocycles. The summed E-state index contributed by atoms with van der Waals surface area (Å²) in [5.74, 6) is 0.841. The summed E-state index contributed by atoms with van der Waals surface area (Å²) in [6.07, 6.45) is 9.06. The number of aryl methyl sites for hydroxylation is 1. The van der Waals surface area contributed by atoms with Gasteiger partial charge in [0.2, 0.25) is 0 Å². The SMILES string of the molecule is Cc1cc(C2CC2)c(CN2CCCCC2)c2cc[nH]c12. The molecule has 2 aliphatic rings. The lowest BCUT2D eigenvalue weighted by Crippen LogP contribution is -2.29. The van der Waals surface area contributed by atoms with Gasteiger partial charge >= 0.3 is 0 Å². The van der Waals surface area contributed by atoms with E-state index < -0.39 is 0 Å². The van der Waals surface area contributed by atoms with Crippen LogP contribution in [0.15, 0.2) is 18.3 Å². The van der Waals surface area contributed by atoms with Gasteiger partial charge < -0.3 is 4.98 Å². The van der Waals surface area contributed by atoms with Crippen molar-refractivity contribution in [3.63, 3.8) is 0 Å². The number of hydrogen-bond acceptors (Lipinski definition) is 1. The maximum atomic E-state index is 3.43. The average molecular weight is 268 g/mol. The van der Waals surface area contributed by atoms with Crippen LogP contribution >= 0.6 is 0 Å². The van der Waals surface area contributed by atoms with E-state index in [-0.39, 0.29) is 0 Å². The first-order valence-corrected chi connectivity index (χ1v) is 8.15. The maximum absolute atomic E-state index is 3.43. The van der Waals surface area contributed by atoms with E-state index in [1.165, 1.54) is 61.7 Å². The number of fused-ring (bicyclic) bond motifs is 1. The van der Waals surface area contributed by atoms with Crippen molar-refractivity contribution in [2.24, 2.45) is 0 Å². The molecular formula is C18H24N2. The number of benzene rings is 1. The molecule has 1 saturated heterocycles. The van der Waals surface area contributed by atoms with Gasteiger partial charge in [-0.05, 0) is 74.4 Å². The van der Waals surface area contributed by atoms with E-state index in [1.807, 2.05) is 0 Å². The summed E-state index contributed by atoms with van der Waals surface area (Å²) in [4.78, 5) is 6.09. The van der Waals surface area contributed by atoms with Gasteiger partial charge in [-0.2, -0.15) is 0 Å². The van der Waals surface area contributed by atoms with Gasteiger partial charge in [0, 0.05) is 23.6 Å². The summed E-state index contributed by atoms with van der Waals surface area (Å²) in [7, 11) is 0. The van der Waals surface area contributed by atoms with E-state index in [4.69, 9.17) is 0 Å². The third-order valence-electron chi connectivity index (χ3n) is 5.03. The molecule has 2 heterocycles. The van der Waals surface area contributed by atoms with Crippen LogP contribution in [-0.4, -0.2) is 23.0 Å². The topological polar surface area (TPSA) is 19.0 Å². The maximum Gasteiger partial charge on any atom is 0.0487 e. The number of aromatic nitrogens is 1. The standard InChI is InChI=1S/C18H24N2/c1-13-11-16(14-5-6-14)17(15-7-8-19-18(13)15)12-20-9-3-2-4-10-20/h7-8,11,14,19H,2-6,9-10,12H2,1H3. The highest BCUT2D eigenvalue weighted by Gasteiger charge is 2.28. The molecule has 20 heavy (non-hydrogen) atoms.